The number of carboxylic acid groups (broad SMARTS) is 1. The maximum absolute atomic E-state index is 12.2. The summed E-state index contributed by atoms with van der Waals surface area (Å²) < 4.78 is 12.7. The van der Waals surface area contributed by atoms with Crippen LogP contribution in [0.1, 0.15) is 77.1 Å². The minimum atomic E-state index is -1.04. The largest absolute Gasteiger partial charge is 0.478 e. The Morgan fingerprint density at radius 1 is 0.907 bits per heavy atom. The van der Waals surface area contributed by atoms with Gasteiger partial charge in [0.15, 0.2) is 6.29 Å². The summed E-state index contributed by atoms with van der Waals surface area (Å²) in [5.74, 6) is -1.16. The van der Waals surface area contributed by atoms with Gasteiger partial charge >= 0.3 is 5.97 Å². The topological polar surface area (TPSA) is 167 Å². The summed E-state index contributed by atoms with van der Waals surface area (Å²) >= 11 is 1.33. The molecule has 12 heteroatoms. The molecule has 11 nitrogen and oxygen atoms in total. The number of hydrogen-bond donors (Lipinski definition) is 5. The van der Waals surface area contributed by atoms with Crippen LogP contribution in [0.15, 0.2) is 71.9 Å². The molecular weight excluding hydrogens is 574 g/mol. The van der Waals surface area contributed by atoms with E-state index < -0.39 is 18.2 Å². The molecule has 1 aliphatic rings. The first-order valence-electron chi connectivity index (χ1n) is 14.0. The number of thioether (sulfide) groups is 1. The number of hydroxylamine groups is 1. The van der Waals surface area contributed by atoms with Gasteiger partial charge in [0, 0.05) is 43.3 Å². The number of nitrogens with zero attached hydrogens (tertiary/aromatic N) is 1. The monoisotopic (exact) mass is 609 g/mol. The Kier molecular flexibility index (Phi) is 12.1. The zero-order valence-electron chi connectivity index (χ0n) is 23.5. The first-order valence-corrected chi connectivity index (χ1v) is 14.9. The van der Waals surface area contributed by atoms with Crippen LogP contribution in [0.4, 0.5) is 0 Å². The van der Waals surface area contributed by atoms with Crippen LogP contribution < -0.4 is 10.8 Å². The molecule has 0 radical (unpaired) electrons. The number of rotatable bonds is 14. The van der Waals surface area contributed by atoms with Gasteiger partial charge in [-0.05, 0) is 41.7 Å². The number of aliphatic hydroxyl groups excluding tert-OH is 1. The van der Waals surface area contributed by atoms with E-state index in [0.717, 1.165) is 22.3 Å². The molecular formula is C31H35N3O8S. The van der Waals surface area contributed by atoms with E-state index in [1.807, 2.05) is 48.5 Å². The molecule has 3 unspecified atom stereocenters. The number of carbonyl (C=O) groups is 3. The van der Waals surface area contributed by atoms with E-state index in [1.54, 1.807) is 17.7 Å². The van der Waals surface area contributed by atoms with Crippen LogP contribution in [0.3, 0.4) is 0 Å². The minimum absolute atomic E-state index is 0.0526. The van der Waals surface area contributed by atoms with E-state index in [9.17, 15) is 24.6 Å². The number of amides is 2. The van der Waals surface area contributed by atoms with Gasteiger partial charge in [0.25, 0.3) is 0 Å². The molecule has 1 aromatic heterocycles. The molecule has 4 rings (SSSR count). The van der Waals surface area contributed by atoms with Crippen molar-refractivity contribution in [3.63, 3.8) is 0 Å². The molecule has 5 N–H and O–H groups in total. The van der Waals surface area contributed by atoms with Crippen molar-refractivity contribution >= 4 is 29.5 Å². The summed E-state index contributed by atoms with van der Waals surface area (Å²) in [6, 6.07) is 18.3. The number of aliphatic hydroxyl groups is 1. The van der Waals surface area contributed by atoms with Gasteiger partial charge in [-0.3, -0.25) is 14.8 Å². The first kappa shape index (κ1) is 32.1. The summed E-state index contributed by atoms with van der Waals surface area (Å²) in [7, 11) is 0. The normalized spacial score (nSPS) is 18.1. The van der Waals surface area contributed by atoms with E-state index in [4.69, 9.17) is 14.7 Å². The number of hydrogen-bond acceptors (Lipinski definition) is 9. The highest BCUT2D eigenvalue weighted by atomic mass is 32.2. The van der Waals surface area contributed by atoms with Gasteiger partial charge in [0.2, 0.25) is 11.8 Å². The number of benzene rings is 2. The van der Waals surface area contributed by atoms with Crippen molar-refractivity contribution in [2.45, 2.75) is 68.8 Å². The second-order valence-electron chi connectivity index (χ2n) is 10.1. The fourth-order valence-electron chi connectivity index (χ4n) is 4.57. The molecule has 3 atom stereocenters. The number of pyridine rings is 1. The van der Waals surface area contributed by atoms with Crippen molar-refractivity contribution in [1.29, 1.82) is 0 Å². The van der Waals surface area contributed by atoms with E-state index in [2.05, 4.69) is 10.3 Å². The third-order valence-corrected chi connectivity index (χ3v) is 8.08. The van der Waals surface area contributed by atoms with Crippen molar-refractivity contribution in [3.05, 3.63) is 94.7 Å². The third-order valence-electron chi connectivity index (χ3n) is 6.95. The predicted octanol–water partition coefficient (Wildman–Crippen LogP) is 4.29. The van der Waals surface area contributed by atoms with Crippen molar-refractivity contribution < 1.29 is 39.3 Å². The van der Waals surface area contributed by atoms with Crippen molar-refractivity contribution in [3.8, 4) is 0 Å². The third kappa shape index (κ3) is 9.60. The lowest BCUT2D eigenvalue weighted by Crippen LogP contribution is -2.31. The minimum Gasteiger partial charge on any atom is -0.478 e. The maximum Gasteiger partial charge on any atom is 0.338 e. The molecule has 228 valence electrons. The molecule has 2 aromatic carbocycles. The van der Waals surface area contributed by atoms with Crippen molar-refractivity contribution in [2.24, 2.45) is 0 Å². The second-order valence-corrected chi connectivity index (χ2v) is 11.1. The summed E-state index contributed by atoms with van der Waals surface area (Å²) in [5, 5.41) is 30.8. The van der Waals surface area contributed by atoms with Crippen molar-refractivity contribution in [2.75, 3.05) is 5.75 Å². The van der Waals surface area contributed by atoms with Crippen LogP contribution in [0, 0.1) is 0 Å². The molecule has 1 fully saturated rings. The molecule has 1 saturated heterocycles. The molecule has 0 aliphatic carbocycles. The SMILES string of the molecule is O=C(CCCCC(=O)NCc1ccc(C2OC(CSc3ncccc3C(=O)O)CC(c3ccc(CO)cc3)O2)cc1)NO. The van der Waals surface area contributed by atoms with Crippen LogP contribution in [-0.4, -0.2) is 50.0 Å². The molecule has 3 aromatic rings. The highest BCUT2D eigenvalue weighted by molar-refractivity contribution is 7.99. The Morgan fingerprint density at radius 2 is 1.58 bits per heavy atom. The standard InChI is InChI=1S/C31H35N3O8S/c35-18-21-9-11-22(12-10-21)26-16-24(19-43-29-25(30(38)39)4-3-15-32-29)41-31(42-26)23-13-7-20(8-14-23)17-33-27(36)5-1-2-6-28(37)34-40/h3-4,7-15,24,26,31,35,40H,1-2,5-6,16-19H2,(H,33,36)(H,34,37)(H,38,39). The molecule has 2 heterocycles. The average Bonchev–Trinajstić information content (AvgIpc) is 3.04. The second kappa shape index (κ2) is 16.1. The van der Waals surface area contributed by atoms with E-state index in [-0.39, 0.29) is 43.1 Å². The lowest BCUT2D eigenvalue weighted by atomic mass is 10.0. The maximum atomic E-state index is 12.2. The Morgan fingerprint density at radius 3 is 2.26 bits per heavy atom. The summed E-state index contributed by atoms with van der Waals surface area (Å²) in [6.07, 6.45) is 2.37. The van der Waals surface area contributed by atoms with Gasteiger partial charge in [-0.15, -0.1) is 11.8 Å². The smallest absolute Gasteiger partial charge is 0.338 e. The fraction of sp³-hybridized carbons (Fsp3) is 0.355. The molecule has 0 bridgehead atoms. The quantitative estimate of drug-likeness (QED) is 0.0770. The lowest BCUT2D eigenvalue weighted by molar-refractivity contribution is -0.245. The first-order chi connectivity index (χ1) is 20.9. The number of ether oxygens (including phenoxy) is 2. The molecule has 0 spiro atoms. The van der Waals surface area contributed by atoms with Crippen molar-refractivity contribution in [1.82, 2.24) is 15.8 Å². The lowest BCUT2D eigenvalue weighted by Gasteiger charge is -2.36. The van der Waals surface area contributed by atoms with Gasteiger partial charge in [0.1, 0.15) is 5.03 Å². The van der Waals surface area contributed by atoms with Gasteiger partial charge in [-0.1, -0.05) is 48.5 Å². The number of unbranched alkanes of at least 4 members (excludes halogenated alkanes) is 1. The summed E-state index contributed by atoms with van der Waals surface area (Å²) in [4.78, 5) is 39.1. The number of carboxylic acids is 1. The summed E-state index contributed by atoms with van der Waals surface area (Å²) in [6.45, 7) is 0.292. The van der Waals surface area contributed by atoms with E-state index in [0.29, 0.717) is 36.6 Å². The Balaban J connectivity index is 1.39. The molecule has 43 heavy (non-hydrogen) atoms. The average molecular weight is 610 g/mol. The Labute approximate surface area is 253 Å². The predicted molar refractivity (Wildman–Crippen MR) is 157 cm³/mol. The number of aromatic nitrogens is 1. The van der Waals surface area contributed by atoms with Crippen LogP contribution in [0.5, 0.6) is 0 Å². The number of carbonyl (C=O) groups excluding carboxylic acids is 2. The molecule has 0 saturated carbocycles. The molecule has 2 amide bonds. The van der Waals surface area contributed by atoms with Gasteiger partial charge < -0.3 is 25.0 Å². The zero-order chi connectivity index (χ0) is 30.6. The van der Waals surface area contributed by atoms with Crippen LogP contribution in [0.25, 0.3) is 0 Å². The number of nitrogens with one attached hydrogen (secondary N) is 2. The van der Waals surface area contributed by atoms with Crippen LogP contribution >= 0.6 is 11.8 Å². The van der Waals surface area contributed by atoms with Gasteiger partial charge in [0.05, 0.1) is 24.4 Å². The summed E-state index contributed by atoms with van der Waals surface area (Å²) in [5.41, 5.74) is 5.16. The van der Waals surface area contributed by atoms with E-state index in [1.165, 1.54) is 17.8 Å². The van der Waals surface area contributed by atoms with E-state index >= 15 is 0 Å². The zero-order valence-corrected chi connectivity index (χ0v) is 24.3. The van der Waals surface area contributed by atoms with Crippen LogP contribution in [-0.2, 0) is 32.2 Å². The van der Waals surface area contributed by atoms with Crippen LogP contribution in [0.2, 0.25) is 0 Å². The highest BCUT2D eigenvalue weighted by Crippen LogP contribution is 2.39. The highest BCUT2D eigenvalue weighted by Gasteiger charge is 2.32. The molecule has 1 aliphatic heterocycles. The van der Waals surface area contributed by atoms with Gasteiger partial charge in [-0.25, -0.2) is 15.3 Å². The number of aromatic carboxylic acids is 1. The Bertz CT molecular complexity index is 1370. The fourth-order valence-corrected chi connectivity index (χ4v) is 5.58. The Hall–Kier alpha value is -3.81. The van der Waals surface area contributed by atoms with Gasteiger partial charge in [-0.2, -0.15) is 0 Å².